The molecule has 2 aromatic rings. The summed E-state index contributed by atoms with van der Waals surface area (Å²) < 4.78 is 5.18. The highest BCUT2D eigenvalue weighted by Crippen LogP contribution is 2.18. The Balaban J connectivity index is 2.27. The first kappa shape index (κ1) is 11.3. The molecule has 2 rings (SSSR count). The summed E-state index contributed by atoms with van der Waals surface area (Å²) in [5, 5.41) is 12.7. The fraction of sp³-hybridized carbons (Fsp3) is 0.308. The van der Waals surface area contributed by atoms with Crippen molar-refractivity contribution in [3.63, 3.8) is 0 Å². The van der Waals surface area contributed by atoms with Crippen LogP contribution in [0.4, 0.5) is 0 Å². The monoisotopic (exact) mass is 227 g/mol. The van der Waals surface area contributed by atoms with Crippen molar-refractivity contribution in [3.8, 4) is 17.5 Å². The molecule has 0 amide bonds. The van der Waals surface area contributed by atoms with E-state index in [2.05, 4.69) is 30.1 Å². The summed E-state index contributed by atoms with van der Waals surface area (Å²) in [6.45, 7) is 4.21. The van der Waals surface area contributed by atoms with Crippen molar-refractivity contribution in [2.24, 2.45) is 5.92 Å². The first-order valence-corrected chi connectivity index (χ1v) is 5.52. The molecule has 0 spiro atoms. The third-order valence-corrected chi connectivity index (χ3v) is 2.30. The van der Waals surface area contributed by atoms with E-state index in [4.69, 9.17) is 9.78 Å². The molecule has 4 nitrogen and oxygen atoms in total. The highest BCUT2D eigenvalue weighted by Gasteiger charge is 2.10. The zero-order valence-electron chi connectivity index (χ0n) is 9.84. The van der Waals surface area contributed by atoms with E-state index in [9.17, 15) is 0 Å². The fourth-order valence-electron chi connectivity index (χ4n) is 1.54. The molecule has 0 atom stereocenters. The molecular formula is C13H13N3O. The number of benzene rings is 1. The molecule has 1 heterocycles. The normalized spacial score (nSPS) is 10.5. The SMILES string of the molecule is CC(C)Cc1noc(-c2cccc(C#N)c2)n1. The Kier molecular flexibility index (Phi) is 3.20. The summed E-state index contributed by atoms with van der Waals surface area (Å²) in [5.74, 6) is 1.67. The molecule has 0 radical (unpaired) electrons. The van der Waals surface area contributed by atoms with Crippen LogP contribution < -0.4 is 0 Å². The molecule has 0 bridgehead atoms. The Morgan fingerprint density at radius 3 is 2.94 bits per heavy atom. The van der Waals surface area contributed by atoms with E-state index >= 15 is 0 Å². The van der Waals surface area contributed by atoms with E-state index in [1.54, 1.807) is 18.2 Å². The van der Waals surface area contributed by atoms with Gasteiger partial charge in [-0.2, -0.15) is 10.2 Å². The average Bonchev–Trinajstić information content (AvgIpc) is 2.77. The van der Waals surface area contributed by atoms with Gasteiger partial charge in [0.25, 0.3) is 5.89 Å². The summed E-state index contributed by atoms with van der Waals surface area (Å²) in [5.41, 5.74) is 1.37. The van der Waals surface area contributed by atoms with Crippen molar-refractivity contribution in [1.82, 2.24) is 10.1 Å². The lowest BCUT2D eigenvalue weighted by Gasteiger charge is -1.96. The van der Waals surface area contributed by atoms with Crippen LogP contribution in [-0.2, 0) is 6.42 Å². The highest BCUT2D eigenvalue weighted by molar-refractivity contribution is 5.55. The van der Waals surface area contributed by atoms with E-state index in [1.807, 2.05) is 6.07 Å². The second-order valence-corrected chi connectivity index (χ2v) is 4.31. The Bertz CT molecular complexity index is 552. The molecule has 0 fully saturated rings. The summed E-state index contributed by atoms with van der Waals surface area (Å²) in [4.78, 5) is 4.31. The molecule has 1 aromatic carbocycles. The lowest BCUT2D eigenvalue weighted by molar-refractivity contribution is 0.418. The first-order chi connectivity index (χ1) is 8.19. The van der Waals surface area contributed by atoms with Crippen LogP contribution in [0.1, 0.15) is 25.2 Å². The standard InChI is InChI=1S/C13H13N3O/c1-9(2)6-12-15-13(17-16-12)11-5-3-4-10(7-11)8-14/h3-5,7,9H,6H2,1-2H3. The minimum Gasteiger partial charge on any atom is -0.334 e. The van der Waals surface area contributed by atoms with Crippen LogP contribution in [0.15, 0.2) is 28.8 Å². The molecule has 0 saturated heterocycles. The van der Waals surface area contributed by atoms with E-state index in [1.165, 1.54) is 0 Å². The number of hydrogen-bond donors (Lipinski definition) is 0. The van der Waals surface area contributed by atoms with E-state index in [-0.39, 0.29) is 0 Å². The average molecular weight is 227 g/mol. The molecule has 0 N–H and O–H groups in total. The van der Waals surface area contributed by atoms with Crippen molar-refractivity contribution in [1.29, 1.82) is 5.26 Å². The minimum absolute atomic E-state index is 0.470. The quantitative estimate of drug-likeness (QED) is 0.808. The molecular weight excluding hydrogens is 214 g/mol. The van der Waals surface area contributed by atoms with Gasteiger partial charge in [-0.3, -0.25) is 0 Å². The first-order valence-electron chi connectivity index (χ1n) is 5.52. The van der Waals surface area contributed by atoms with E-state index < -0.39 is 0 Å². The van der Waals surface area contributed by atoms with E-state index in [0.29, 0.717) is 23.2 Å². The van der Waals surface area contributed by atoms with Crippen LogP contribution >= 0.6 is 0 Å². The number of nitrogens with zero attached hydrogens (tertiary/aromatic N) is 3. The fourth-order valence-corrected chi connectivity index (χ4v) is 1.54. The second-order valence-electron chi connectivity index (χ2n) is 4.31. The lowest BCUT2D eigenvalue weighted by atomic mass is 10.1. The molecule has 0 aliphatic heterocycles. The minimum atomic E-state index is 0.470. The van der Waals surface area contributed by atoms with Gasteiger partial charge in [0.2, 0.25) is 0 Å². The summed E-state index contributed by atoms with van der Waals surface area (Å²) in [6, 6.07) is 9.23. The predicted molar refractivity (Wildman–Crippen MR) is 63.0 cm³/mol. The molecule has 0 unspecified atom stereocenters. The van der Waals surface area contributed by atoms with Gasteiger partial charge in [-0.05, 0) is 24.1 Å². The topological polar surface area (TPSA) is 62.7 Å². The van der Waals surface area contributed by atoms with Gasteiger partial charge in [0.15, 0.2) is 5.82 Å². The predicted octanol–water partition coefficient (Wildman–Crippen LogP) is 2.81. The smallest absolute Gasteiger partial charge is 0.257 e. The third kappa shape index (κ3) is 2.70. The van der Waals surface area contributed by atoms with Gasteiger partial charge in [-0.15, -0.1) is 0 Å². The van der Waals surface area contributed by atoms with E-state index in [0.717, 1.165) is 12.0 Å². The number of aromatic nitrogens is 2. The maximum atomic E-state index is 8.82. The van der Waals surface area contributed by atoms with Crippen LogP contribution in [0.5, 0.6) is 0 Å². The Labute approximate surface area is 99.9 Å². The van der Waals surface area contributed by atoms with Gasteiger partial charge >= 0.3 is 0 Å². The largest absolute Gasteiger partial charge is 0.334 e. The lowest BCUT2D eigenvalue weighted by Crippen LogP contribution is -1.95. The molecule has 4 heteroatoms. The van der Waals surface area contributed by atoms with Crippen LogP contribution in [0.25, 0.3) is 11.5 Å². The van der Waals surface area contributed by atoms with Gasteiger partial charge in [-0.25, -0.2) is 0 Å². The van der Waals surface area contributed by atoms with Crippen molar-refractivity contribution in [2.45, 2.75) is 20.3 Å². The maximum Gasteiger partial charge on any atom is 0.257 e. The molecule has 1 aromatic heterocycles. The van der Waals surface area contributed by atoms with Crippen molar-refractivity contribution < 1.29 is 4.52 Å². The molecule has 0 saturated carbocycles. The zero-order chi connectivity index (χ0) is 12.3. The summed E-state index contributed by atoms with van der Waals surface area (Å²) in [6.07, 6.45) is 0.793. The Morgan fingerprint density at radius 1 is 1.41 bits per heavy atom. The summed E-state index contributed by atoms with van der Waals surface area (Å²) >= 11 is 0. The molecule has 0 aliphatic rings. The number of rotatable bonds is 3. The highest BCUT2D eigenvalue weighted by atomic mass is 16.5. The van der Waals surface area contributed by atoms with Gasteiger partial charge < -0.3 is 4.52 Å². The van der Waals surface area contributed by atoms with Crippen LogP contribution in [0.2, 0.25) is 0 Å². The van der Waals surface area contributed by atoms with Crippen molar-refractivity contribution >= 4 is 0 Å². The van der Waals surface area contributed by atoms with Gasteiger partial charge in [0.1, 0.15) is 0 Å². The Hall–Kier alpha value is -2.15. The van der Waals surface area contributed by atoms with Gasteiger partial charge in [0, 0.05) is 12.0 Å². The van der Waals surface area contributed by atoms with Crippen LogP contribution in [0, 0.1) is 17.2 Å². The number of nitriles is 1. The zero-order valence-corrected chi connectivity index (χ0v) is 9.84. The van der Waals surface area contributed by atoms with Gasteiger partial charge in [0.05, 0.1) is 11.6 Å². The second kappa shape index (κ2) is 4.79. The third-order valence-electron chi connectivity index (χ3n) is 2.30. The maximum absolute atomic E-state index is 8.82. The van der Waals surface area contributed by atoms with Gasteiger partial charge in [-0.1, -0.05) is 25.1 Å². The van der Waals surface area contributed by atoms with Crippen molar-refractivity contribution in [2.75, 3.05) is 0 Å². The molecule has 86 valence electrons. The van der Waals surface area contributed by atoms with Crippen LogP contribution in [0.3, 0.4) is 0 Å². The van der Waals surface area contributed by atoms with Crippen LogP contribution in [-0.4, -0.2) is 10.1 Å². The number of hydrogen-bond acceptors (Lipinski definition) is 4. The molecule has 17 heavy (non-hydrogen) atoms. The summed E-state index contributed by atoms with van der Waals surface area (Å²) in [7, 11) is 0. The van der Waals surface area contributed by atoms with Crippen molar-refractivity contribution in [3.05, 3.63) is 35.7 Å². The Morgan fingerprint density at radius 2 is 2.24 bits per heavy atom. The molecule has 0 aliphatic carbocycles.